The van der Waals surface area contributed by atoms with E-state index in [1.807, 2.05) is 13.8 Å². The van der Waals surface area contributed by atoms with Crippen molar-refractivity contribution in [2.75, 3.05) is 26.8 Å². The molecule has 1 aliphatic carbocycles. The minimum absolute atomic E-state index is 0.136. The fourth-order valence-electron chi connectivity index (χ4n) is 1.89. The quantitative estimate of drug-likeness (QED) is 0.635. The molecular formula is C13H25NO2. The van der Waals surface area contributed by atoms with Crippen LogP contribution < -0.4 is 0 Å². The SMILES string of the molecule is COCCN(CC(=O)C(C)C)C(C)C1CC1. The zero-order chi connectivity index (χ0) is 12.1. The lowest BCUT2D eigenvalue weighted by Crippen LogP contribution is -2.41. The molecular weight excluding hydrogens is 202 g/mol. The highest BCUT2D eigenvalue weighted by atomic mass is 16.5. The van der Waals surface area contributed by atoms with Crippen LogP contribution >= 0.6 is 0 Å². The maximum atomic E-state index is 11.8. The molecule has 1 atom stereocenters. The van der Waals surface area contributed by atoms with E-state index >= 15 is 0 Å². The summed E-state index contributed by atoms with van der Waals surface area (Å²) in [5.74, 6) is 1.27. The number of carbonyl (C=O) groups excluding carboxylic acids is 1. The molecule has 1 rings (SSSR count). The third kappa shape index (κ3) is 4.22. The highest BCUT2D eigenvalue weighted by Crippen LogP contribution is 2.35. The molecule has 0 N–H and O–H groups in total. The van der Waals surface area contributed by atoms with E-state index in [1.54, 1.807) is 7.11 Å². The molecule has 3 heteroatoms. The van der Waals surface area contributed by atoms with Gasteiger partial charge in [-0.1, -0.05) is 13.8 Å². The van der Waals surface area contributed by atoms with Crippen molar-refractivity contribution in [1.29, 1.82) is 0 Å². The van der Waals surface area contributed by atoms with E-state index in [1.165, 1.54) is 12.8 Å². The van der Waals surface area contributed by atoms with Crippen LogP contribution in [-0.4, -0.2) is 43.5 Å². The lowest BCUT2D eigenvalue weighted by Gasteiger charge is -2.28. The van der Waals surface area contributed by atoms with Crippen LogP contribution in [0.5, 0.6) is 0 Å². The molecule has 1 saturated carbocycles. The summed E-state index contributed by atoms with van der Waals surface area (Å²) in [4.78, 5) is 14.1. The van der Waals surface area contributed by atoms with Crippen LogP contribution in [0.15, 0.2) is 0 Å². The van der Waals surface area contributed by atoms with E-state index in [0.717, 1.165) is 12.5 Å². The van der Waals surface area contributed by atoms with Gasteiger partial charge in [0.1, 0.15) is 5.78 Å². The van der Waals surface area contributed by atoms with Crippen LogP contribution in [0.1, 0.15) is 33.6 Å². The van der Waals surface area contributed by atoms with E-state index in [-0.39, 0.29) is 5.92 Å². The highest BCUT2D eigenvalue weighted by Gasteiger charge is 2.32. The summed E-state index contributed by atoms with van der Waals surface area (Å²) < 4.78 is 5.11. The average molecular weight is 227 g/mol. The summed E-state index contributed by atoms with van der Waals surface area (Å²) in [6.07, 6.45) is 2.64. The van der Waals surface area contributed by atoms with E-state index in [4.69, 9.17) is 4.74 Å². The van der Waals surface area contributed by atoms with Crippen molar-refractivity contribution in [2.45, 2.75) is 39.7 Å². The van der Waals surface area contributed by atoms with Gasteiger partial charge in [-0.25, -0.2) is 0 Å². The molecule has 0 aromatic rings. The minimum atomic E-state index is 0.136. The average Bonchev–Trinajstić information content (AvgIpc) is 3.06. The molecule has 0 bridgehead atoms. The predicted octanol–water partition coefficient (Wildman–Crippen LogP) is 1.96. The van der Waals surface area contributed by atoms with Gasteiger partial charge in [0.2, 0.25) is 0 Å². The zero-order valence-electron chi connectivity index (χ0n) is 11.0. The van der Waals surface area contributed by atoms with Gasteiger partial charge < -0.3 is 4.74 Å². The van der Waals surface area contributed by atoms with Crippen LogP contribution in [0.4, 0.5) is 0 Å². The molecule has 0 radical (unpaired) electrons. The summed E-state index contributed by atoms with van der Waals surface area (Å²) in [5.41, 5.74) is 0. The number of hydrogen-bond donors (Lipinski definition) is 0. The Balaban J connectivity index is 2.45. The Morgan fingerprint density at radius 1 is 1.38 bits per heavy atom. The Morgan fingerprint density at radius 3 is 2.44 bits per heavy atom. The number of hydrogen-bond acceptors (Lipinski definition) is 3. The first-order valence-corrected chi connectivity index (χ1v) is 6.32. The summed E-state index contributed by atoms with van der Waals surface area (Å²) in [5, 5.41) is 0. The fraction of sp³-hybridized carbons (Fsp3) is 0.923. The second-order valence-electron chi connectivity index (χ2n) is 5.16. The van der Waals surface area contributed by atoms with Gasteiger partial charge in [-0.3, -0.25) is 9.69 Å². The third-order valence-corrected chi connectivity index (χ3v) is 3.47. The molecule has 94 valence electrons. The van der Waals surface area contributed by atoms with Crippen molar-refractivity contribution in [3.63, 3.8) is 0 Å². The molecule has 0 aromatic carbocycles. The Labute approximate surface area is 99.1 Å². The standard InChI is InChI=1S/C13H25NO2/c1-10(2)13(15)9-14(7-8-16-4)11(3)12-5-6-12/h10-12H,5-9H2,1-4H3. The third-order valence-electron chi connectivity index (χ3n) is 3.47. The van der Waals surface area contributed by atoms with Gasteiger partial charge >= 0.3 is 0 Å². The lowest BCUT2D eigenvalue weighted by molar-refractivity contribution is -0.123. The van der Waals surface area contributed by atoms with Crippen molar-refractivity contribution in [2.24, 2.45) is 11.8 Å². The van der Waals surface area contributed by atoms with Crippen LogP contribution in [0, 0.1) is 11.8 Å². The second kappa shape index (κ2) is 6.36. The largest absolute Gasteiger partial charge is 0.383 e. The molecule has 3 nitrogen and oxygen atoms in total. The summed E-state index contributed by atoms with van der Waals surface area (Å²) in [6.45, 7) is 8.34. The van der Waals surface area contributed by atoms with Gasteiger partial charge in [0.15, 0.2) is 0 Å². The van der Waals surface area contributed by atoms with Crippen molar-refractivity contribution in [3.8, 4) is 0 Å². The van der Waals surface area contributed by atoms with Crippen molar-refractivity contribution < 1.29 is 9.53 Å². The number of ether oxygens (including phenoxy) is 1. The van der Waals surface area contributed by atoms with Gasteiger partial charge in [0.25, 0.3) is 0 Å². The van der Waals surface area contributed by atoms with E-state index in [9.17, 15) is 4.79 Å². The first-order valence-electron chi connectivity index (χ1n) is 6.32. The van der Waals surface area contributed by atoms with Crippen molar-refractivity contribution in [1.82, 2.24) is 4.90 Å². The summed E-state index contributed by atoms with van der Waals surface area (Å²) in [7, 11) is 1.71. The summed E-state index contributed by atoms with van der Waals surface area (Å²) in [6, 6.07) is 0.526. The van der Waals surface area contributed by atoms with Crippen molar-refractivity contribution in [3.05, 3.63) is 0 Å². The van der Waals surface area contributed by atoms with E-state index in [2.05, 4.69) is 11.8 Å². The fourth-order valence-corrected chi connectivity index (χ4v) is 1.89. The van der Waals surface area contributed by atoms with E-state index < -0.39 is 0 Å². The van der Waals surface area contributed by atoms with Crippen LogP contribution in [0.25, 0.3) is 0 Å². The molecule has 1 unspecified atom stereocenters. The number of nitrogens with zero attached hydrogens (tertiary/aromatic N) is 1. The zero-order valence-corrected chi connectivity index (χ0v) is 11.0. The Morgan fingerprint density at radius 2 is 2.00 bits per heavy atom. The number of rotatable bonds is 8. The second-order valence-corrected chi connectivity index (χ2v) is 5.16. The predicted molar refractivity (Wildman–Crippen MR) is 65.5 cm³/mol. The van der Waals surface area contributed by atoms with Gasteiger partial charge in [0, 0.05) is 25.6 Å². The monoisotopic (exact) mass is 227 g/mol. The number of methoxy groups -OCH3 is 1. The first kappa shape index (κ1) is 13.7. The topological polar surface area (TPSA) is 29.5 Å². The number of ketones is 1. The molecule has 0 aliphatic heterocycles. The minimum Gasteiger partial charge on any atom is -0.383 e. The first-order chi connectivity index (χ1) is 7.56. The molecule has 0 aromatic heterocycles. The van der Waals surface area contributed by atoms with Crippen LogP contribution in [-0.2, 0) is 9.53 Å². The maximum absolute atomic E-state index is 11.8. The lowest BCUT2D eigenvalue weighted by atomic mass is 10.1. The molecule has 1 fully saturated rings. The maximum Gasteiger partial charge on any atom is 0.149 e. The van der Waals surface area contributed by atoms with Crippen LogP contribution in [0.3, 0.4) is 0 Å². The van der Waals surface area contributed by atoms with Gasteiger partial charge in [-0.05, 0) is 25.7 Å². The molecule has 0 heterocycles. The number of Topliss-reactive ketones (excluding diaryl/α,β-unsaturated/α-hetero) is 1. The Kier molecular flexibility index (Phi) is 5.42. The number of carbonyl (C=O) groups is 1. The van der Waals surface area contributed by atoms with E-state index in [0.29, 0.717) is 25.0 Å². The molecule has 0 spiro atoms. The smallest absolute Gasteiger partial charge is 0.149 e. The molecule has 0 amide bonds. The normalized spacial score (nSPS) is 18.1. The van der Waals surface area contributed by atoms with Gasteiger partial charge in [-0.2, -0.15) is 0 Å². The molecule has 0 saturated heterocycles. The molecule has 16 heavy (non-hydrogen) atoms. The van der Waals surface area contributed by atoms with Crippen molar-refractivity contribution >= 4 is 5.78 Å². The van der Waals surface area contributed by atoms with Gasteiger partial charge in [0.05, 0.1) is 13.2 Å². The summed E-state index contributed by atoms with van der Waals surface area (Å²) >= 11 is 0. The highest BCUT2D eigenvalue weighted by molar-refractivity contribution is 5.82. The Hall–Kier alpha value is -0.410. The molecule has 1 aliphatic rings. The van der Waals surface area contributed by atoms with Gasteiger partial charge in [-0.15, -0.1) is 0 Å². The van der Waals surface area contributed by atoms with Crippen LogP contribution in [0.2, 0.25) is 0 Å². The Bertz CT molecular complexity index is 224.